The minimum Gasteiger partial charge on any atom is -0.493 e. The van der Waals surface area contributed by atoms with E-state index in [2.05, 4.69) is 15.9 Å². The van der Waals surface area contributed by atoms with Gasteiger partial charge in [-0.1, -0.05) is 6.92 Å². The maximum absolute atomic E-state index is 11.2. The van der Waals surface area contributed by atoms with Crippen molar-refractivity contribution in [1.29, 1.82) is 0 Å². The van der Waals surface area contributed by atoms with Crippen molar-refractivity contribution in [3.63, 3.8) is 0 Å². The van der Waals surface area contributed by atoms with E-state index in [1.807, 2.05) is 0 Å². The Balaban J connectivity index is 3.11. The van der Waals surface area contributed by atoms with Gasteiger partial charge in [-0.2, -0.15) is 0 Å². The highest BCUT2D eigenvalue weighted by Crippen LogP contribution is 2.37. The SMILES string of the molecule is CCC(Oc1c(Br)cc(CO)cc1OC)C(N)=O. The predicted octanol–water partition coefficient (Wildman–Crippen LogP) is 1.59. The predicted molar refractivity (Wildman–Crippen MR) is 70.5 cm³/mol. The van der Waals surface area contributed by atoms with Crippen LogP contribution in [0.4, 0.5) is 0 Å². The minimum absolute atomic E-state index is 0.109. The van der Waals surface area contributed by atoms with Gasteiger partial charge in [-0.05, 0) is 40.0 Å². The fourth-order valence-corrected chi connectivity index (χ4v) is 2.05. The van der Waals surface area contributed by atoms with Gasteiger partial charge >= 0.3 is 0 Å². The molecule has 0 aliphatic heterocycles. The Kier molecular flexibility index (Phi) is 5.43. The van der Waals surface area contributed by atoms with E-state index in [0.29, 0.717) is 28.0 Å². The maximum Gasteiger partial charge on any atom is 0.258 e. The second-order valence-electron chi connectivity index (χ2n) is 3.68. The van der Waals surface area contributed by atoms with Crippen molar-refractivity contribution in [2.75, 3.05) is 7.11 Å². The zero-order valence-electron chi connectivity index (χ0n) is 10.3. The number of ether oxygens (including phenoxy) is 2. The normalized spacial score (nSPS) is 12.0. The summed E-state index contributed by atoms with van der Waals surface area (Å²) in [7, 11) is 1.49. The van der Waals surface area contributed by atoms with Gasteiger partial charge in [-0.15, -0.1) is 0 Å². The first-order chi connectivity index (χ1) is 8.53. The molecule has 0 aromatic heterocycles. The maximum atomic E-state index is 11.2. The number of rotatable bonds is 6. The van der Waals surface area contributed by atoms with Crippen LogP contribution in [0.5, 0.6) is 11.5 Å². The summed E-state index contributed by atoms with van der Waals surface area (Å²) in [6.07, 6.45) is -0.248. The lowest BCUT2D eigenvalue weighted by Crippen LogP contribution is -2.33. The van der Waals surface area contributed by atoms with Crippen LogP contribution in [0.2, 0.25) is 0 Å². The Morgan fingerprint density at radius 3 is 2.67 bits per heavy atom. The van der Waals surface area contributed by atoms with Gasteiger partial charge in [0.2, 0.25) is 0 Å². The van der Waals surface area contributed by atoms with Gasteiger partial charge in [0.1, 0.15) is 0 Å². The molecule has 5 nitrogen and oxygen atoms in total. The summed E-state index contributed by atoms with van der Waals surface area (Å²) in [5.41, 5.74) is 5.91. The Hall–Kier alpha value is -1.27. The first kappa shape index (κ1) is 14.8. The molecule has 0 heterocycles. The largest absolute Gasteiger partial charge is 0.493 e. The first-order valence-corrected chi connectivity index (χ1v) is 6.26. The molecular formula is C12H16BrNO4. The van der Waals surface area contributed by atoms with E-state index in [-0.39, 0.29) is 6.61 Å². The second-order valence-corrected chi connectivity index (χ2v) is 4.54. The number of carbonyl (C=O) groups excluding carboxylic acids is 1. The average molecular weight is 318 g/mol. The smallest absolute Gasteiger partial charge is 0.258 e. The van der Waals surface area contributed by atoms with Gasteiger partial charge in [0.25, 0.3) is 5.91 Å². The van der Waals surface area contributed by atoms with Crippen molar-refractivity contribution in [2.24, 2.45) is 5.73 Å². The highest BCUT2D eigenvalue weighted by atomic mass is 79.9. The van der Waals surface area contributed by atoms with Crippen LogP contribution in [-0.4, -0.2) is 24.2 Å². The molecule has 0 radical (unpaired) electrons. The number of benzene rings is 1. The van der Waals surface area contributed by atoms with Crippen LogP contribution in [0.25, 0.3) is 0 Å². The number of methoxy groups -OCH3 is 1. The summed E-state index contributed by atoms with van der Waals surface area (Å²) in [5.74, 6) is 0.311. The number of amides is 1. The van der Waals surface area contributed by atoms with Crippen molar-refractivity contribution >= 4 is 21.8 Å². The molecule has 0 saturated heterocycles. The first-order valence-electron chi connectivity index (χ1n) is 5.46. The molecule has 0 saturated carbocycles. The van der Waals surface area contributed by atoms with E-state index in [1.165, 1.54) is 7.11 Å². The lowest BCUT2D eigenvalue weighted by Gasteiger charge is -2.18. The lowest BCUT2D eigenvalue weighted by molar-refractivity contribution is -0.124. The molecule has 0 aliphatic carbocycles. The van der Waals surface area contributed by atoms with E-state index in [0.717, 1.165) is 0 Å². The molecule has 3 N–H and O–H groups in total. The molecule has 1 aromatic carbocycles. The Labute approximate surface area is 114 Å². The van der Waals surface area contributed by atoms with Gasteiger partial charge in [-0.3, -0.25) is 4.79 Å². The van der Waals surface area contributed by atoms with Gasteiger partial charge < -0.3 is 20.3 Å². The molecule has 0 spiro atoms. The van der Waals surface area contributed by atoms with Crippen LogP contribution in [0.3, 0.4) is 0 Å². The molecule has 0 bridgehead atoms. The topological polar surface area (TPSA) is 81.8 Å². The molecule has 6 heteroatoms. The summed E-state index contributed by atoms with van der Waals surface area (Å²) in [4.78, 5) is 11.2. The third-order valence-corrected chi connectivity index (χ3v) is 3.01. The Morgan fingerprint density at radius 1 is 1.56 bits per heavy atom. The Bertz CT molecular complexity index is 436. The molecule has 0 aliphatic rings. The molecule has 1 rings (SSSR count). The number of hydrogen-bond donors (Lipinski definition) is 2. The summed E-state index contributed by atoms with van der Waals surface area (Å²) in [6.45, 7) is 1.69. The van der Waals surface area contributed by atoms with Crippen LogP contribution in [0.1, 0.15) is 18.9 Å². The molecule has 1 unspecified atom stereocenters. The number of halogens is 1. The van der Waals surface area contributed by atoms with E-state index in [9.17, 15) is 4.79 Å². The zero-order chi connectivity index (χ0) is 13.7. The van der Waals surface area contributed by atoms with Crippen molar-refractivity contribution in [2.45, 2.75) is 26.1 Å². The van der Waals surface area contributed by atoms with Crippen LogP contribution in [-0.2, 0) is 11.4 Å². The standard InChI is InChI=1S/C12H16BrNO4/c1-3-9(12(14)16)18-11-8(13)4-7(6-15)5-10(11)17-2/h4-5,9,15H,3,6H2,1-2H3,(H2,14,16). The number of hydrogen-bond acceptors (Lipinski definition) is 4. The van der Waals surface area contributed by atoms with E-state index < -0.39 is 12.0 Å². The average Bonchev–Trinajstić information content (AvgIpc) is 2.35. The Morgan fingerprint density at radius 2 is 2.22 bits per heavy atom. The molecule has 1 aromatic rings. The van der Waals surface area contributed by atoms with Crippen molar-refractivity contribution < 1.29 is 19.4 Å². The van der Waals surface area contributed by atoms with Crippen LogP contribution in [0, 0.1) is 0 Å². The quantitative estimate of drug-likeness (QED) is 0.834. The van der Waals surface area contributed by atoms with Gasteiger partial charge in [-0.25, -0.2) is 0 Å². The third-order valence-electron chi connectivity index (χ3n) is 2.42. The second kappa shape index (κ2) is 6.61. The zero-order valence-corrected chi connectivity index (χ0v) is 11.9. The fourth-order valence-electron chi connectivity index (χ4n) is 1.46. The summed E-state index contributed by atoms with van der Waals surface area (Å²) in [5, 5.41) is 9.10. The molecular weight excluding hydrogens is 302 g/mol. The number of aliphatic hydroxyl groups excluding tert-OH is 1. The van der Waals surface area contributed by atoms with Crippen molar-refractivity contribution in [3.8, 4) is 11.5 Å². The highest BCUT2D eigenvalue weighted by molar-refractivity contribution is 9.10. The van der Waals surface area contributed by atoms with E-state index in [4.69, 9.17) is 20.3 Å². The van der Waals surface area contributed by atoms with Crippen LogP contribution in [0.15, 0.2) is 16.6 Å². The van der Waals surface area contributed by atoms with Gasteiger partial charge in [0, 0.05) is 0 Å². The molecule has 100 valence electrons. The number of nitrogens with two attached hydrogens (primary N) is 1. The third kappa shape index (κ3) is 3.36. The van der Waals surface area contributed by atoms with Crippen molar-refractivity contribution in [1.82, 2.24) is 0 Å². The monoisotopic (exact) mass is 317 g/mol. The highest BCUT2D eigenvalue weighted by Gasteiger charge is 2.19. The van der Waals surface area contributed by atoms with Crippen LogP contribution < -0.4 is 15.2 Å². The summed E-state index contributed by atoms with van der Waals surface area (Å²) in [6, 6.07) is 3.35. The van der Waals surface area contributed by atoms with Crippen LogP contribution >= 0.6 is 15.9 Å². The number of aliphatic hydroxyl groups is 1. The summed E-state index contributed by atoms with van der Waals surface area (Å²) < 4.78 is 11.3. The molecule has 1 atom stereocenters. The van der Waals surface area contributed by atoms with Gasteiger partial charge in [0.05, 0.1) is 18.2 Å². The fraction of sp³-hybridized carbons (Fsp3) is 0.417. The lowest BCUT2D eigenvalue weighted by atomic mass is 10.2. The van der Waals surface area contributed by atoms with E-state index >= 15 is 0 Å². The van der Waals surface area contributed by atoms with Gasteiger partial charge in [0.15, 0.2) is 17.6 Å². The minimum atomic E-state index is -0.713. The number of primary amides is 1. The molecule has 1 amide bonds. The van der Waals surface area contributed by atoms with E-state index in [1.54, 1.807) is 19.1 Å². The molecule has 18 heavy (non-hydrogen) atoms. The summed E-state index contributed by atoms with van der Waals surface area (Å²) >= 11 is 3.32. The number of carbonyl (C=O) groups is 1. The molecule has 0 fully saturated rings. The van der Waals surface area contributed by atoms with Crippen molar-refractivity contribution in [3.05, 3.63) is 22.2 Å².